The SMILES string of the molecule is CCc1nnc(Cl)n1C(C)Cc1ccc(C)s1. The average molecular weight is 270 g/mol. The summed E-state index contributed by atoms with van der Waals surface area (Å²) in [4.78, 5) is 2.72. The Morgan fingerprint density at radius 2 is 2.18 bits per heavy atom. The van der Waals surface area contributed by atoms with E-state index in [9.17, 15) is 0 Å². The lowest BCUT2D eigenvalue weighted by Gasteiger charge is -2.15. The van der Waals surface area contributed by atoms with Crippen molar-refractivity contribution in [2.24, 2.45) is 0 Å². The van der Waals surface area contributed by atoms with Crippen LogP contribution in [0.1, 0.15) is 35.5 Å². The zero-order valence-electron chi connectivity index (χ0n) is 10.3. The van der Waals surface area contributed by atoms with Gasteiger partial charge in [0, 0.05) is 28.6 Å². The smallest absolute Gasteiger partial charge is 0.225 e. The second-order valence-corrected chi connectivity index (χ2v) is 5.88. The van der Waals surface area contributed by atoms with Gasteiger partial charge in [-0.2, -0.15) is 0 Å². The summed E-state index contributed by atoms with van der Waals surface area (Å²) in [7, 11) is 0. The highest BCUT2D eigenvalue weighted by atomic mass is 35.5. The van der Waals surface area contributed by atoms with Gasteiger partial charge < -0.3 is 0 Å². The van der Waals surface area contributed by atoms with E-state index in [2.05, 4.69) is 43.1 Å². The van der Waals surface area contributed by atoms with Crippen LogP contribution in [0.2, 0.25) is 5.28 Å². The minimum absolute atomic E-state index is 0.297. The Labute approximate surface area is 110 Å². The van der Waals surface area contributed by atoms with Crippen LogP contribution in [-0.2, 0) is 12.8 Å². The Balaban J connectivity index is 2.19. The summed E-state index contributed by atoms with van der Waals surface area (Å²) in [5.41, 5.74) is 0. The first kappa shape index (κ1) is 12.6. The number of halogens is 1. The summed E-state index contributed by atoms with van der Waals surface area (Å²) in [6, 6.07) is 4.63. The summed E-state index contributed by atoms with van der Waals surface area (Å²) in [6.07, 6.45) is 1.83. The van der Waals surface area contributed by atoms with Crippen molar-refractivity contribution in [2.45, 2.75) is 39.7 Å². The van der Waals surface area contributed by atoms with Gasteiger partial charge in [0.2, 0.25) is 5.28 Å². The van der Waals surface area contributed by atoms with E-state index in [0.29, 0.717) is 11.3 Å². The van der Waals surface area contributed by atoms with Gasteiger partial charge in [-0.3, -0.25) is 4.57 Å². The van der Waals surface area contributed by atoms with Gasteiger partial charge in [0.25, 0.3) is 0 Å². The van der Waals surface area contributed by atoms with Crippen molar-refractivity contribution in [2.75, 3.05) is 0 Å². The van der Waals surface area contributed by atoms with Gasteiger partial charge in [-0.05, 0) is 37.6 Å². The molecule has 1 unspecified atom stereocenters. The van der Waals surface area contributed by atoms with Crippen LogP contribution in [0.15, 0.2) is 12.1 Å². The predicted octanol–water partition coefficient (Wildman–Crippen LogP) is 3.67. The maximum atomic E-state index is 6.08. The molecule has 0 saturated carbocycles. The van der Waals surface area contributed by atoms with Crippen LogP contribution in [0.25, 0.3) is 0 Å². The first-order valence-corrected chi connectivity index (χ1v) is 6.95. The third-order valence-electron chi connectivity index (χ3n) is 2.77. The number of hydrogen-bond acceptors (Lipinski definition) is 3. The van der Waals surface area contributed by atoms with Crippen molar-refractivity contribution in [3.8, 4) is 0 Å². The fraction of sp³-hybridized carbons (Fsp3) is 0.500. The van der Waals surface area contributed by atoms with Gasteiger partial charge in [0.05, 0.1) is 0 Å². The lowest BCUT2D eigenvalue weighted by atomic mass is 10.2. The van der Waals surface area contributed by atoms with Gasteiger partial charge in [0.15, 0.2) is 0 Å². The fourth-order valence-electron chi connectivity index (χ4n) is 1.96. The van der Waals surface area contributed by atoms with Crippen LogP contribution < -0.4 is 0 Å². The topological polar surface area (TPSA) is 30.7 Å². The highest BCUT2D eigenvalue weighted by Gasteiger charge is 2.15. The number of nitrogens with zero attached hydrogens (tertiary/aromatic N) is 3. The van der Waals surface area contributed by atoms with E-state index >= 15 is 0 Å². The summed E-state index contributed by atoms with van der Waals surface area (Å²) in [5, 5.41) is 8.51. The molecule has 3 nitrogen and oxygen atoms in total. The molecular formula is C12H16ClN3S. The number of rotatable bonds is 4. The standard InChI is InChI=1S/C12H16ClN3S/c1-4-11-14-15-12(13)16(11)8(2)7-10-6-5-9(3)17-10/h5-6,8H,4,7H2,1-3H3. The highest BCUT2D eigenvalue weighted by molar-refractivity contribution is 7.11. The Hall–Kier alpha value is -0.870. The Kier molecular flexibility index (Phi) is 3.84. The molecule has 2 aromatic rings. The normalized spacial score (nSPS) is 12.9. The van der Waals surface area contributed by atoms with E-state index in [1.165, 1.54) is 9.75 Å². The van der Waals surface area contributed by atoms with Crippen molar-refractivity contribution in [1.29, 1.82) is 0 Å². The molecule has 0 fully saturated rings. The second kappa shape index (κ2) is 5.19. The molecule has 0 aliphatic carbocycles. The van der Waals surface area contributed by atoms with Crippen molar-refractivity contribution >= 4 is 22.9 Å². The van der Waals surface area contributed by atoms with E-state index in [1.807, 2.05) is 15.9 Å². The molecule has 0 aliphatic rings. The van der Waals surface area contributed by atoms with Crippen molar-refractivity contribution in [1.82, 2.24) is 14.8 Å². The van der Waals surface area contributed by atoms with Crippen molar-refractivity contribution < 1.29 is 0 Å². The van der Waals surface area contributed by atoms with Crippen LogP contribution >= 0.6 is 22.9 Å². The van der Waals surface area contributed by atoms with E-state index in [4.69, 9.17) is 11.6 Å². The van der Waals surface area contributed by atoms with Gasteiger partial charge in [-0.1, -0.05) is 6.92 Å². The first-order valence-electron chi connectivity index (χ1n) is 5.76. The largest absolute Gasteiger partial charge is 0.299 e. The molecule has 0 bridgehead atoms. The first-order chi connectivity index (χ1) is 8.11. The van der Waals surface area contributed by atoms with Crippen LogP contribution in [0, 0.1) is 6.92 Å². The lowest BCUT2D eigenvalue weighted by Crippen LogP contribution is -2.11. The summed E-state index contributed by atoms with van der Waals surface area (Å²) >= 11 is 7.92. The molecule has 0 aliphatic heterocycles. The number of thiophene rings is 1. The molecule has 2 rings (SSSR count). The van der Waals surface area contributed by atoms with E-state index < -0.39 is 0 Å². The monoisotopic (exact) mass is 269 g/mol. The molecule has 1 atom stereocenters. The number of aromatic nitrogens is 3. The molecule has 0 saturated heterocycles. The second-order valence-electron chi connectivity index (χ2n) is 4.17. The van der Waals surface area contributed by atoms with Crippen molar-refractivity contribution in [3.63, 3.8) is 0 Å². The van der Waals surface area contributed by atoms with Gasteiger partial charge in [0.1, 0.15) is 5.82 Å². The van der Waals surface area contributed by atoms with E-state index in [-0.39, 0.29) is 0 Å². The van der Waals surface area contributed by atoms with Crippen LogP contribution in [0.3, 0.4) is 0 Å². The highest BCUT2D eigenvalue weighted by Crippen LogP contribution is 2.24. The minimum Gasteiger partial charge on any atom is -0.299 e. The number of hydrogen-bond donors (Lipinski definition) is 0. The third kappa shape index (κ3) is 2.69. The molecule has 0 aromatic carbocycles. The molecule has 0 N–H and O–H groups in total. The minimum atomic E-state index is 0.297. The Morgan fingerprint density at radius 3 is 2.76 bits per heavy atom. The molecule has 0 radical (unpaired) electrons. The zero-order valence-corrected chi connectivity index (χ0v) is 11.8. The summed E-state index contributed by atoms with van der Waals surface area (Å²) < 4.78 is 2.02. The maximum Gasteiger partial charge on any atom is 0.225 e. The third-order valence-corrected chi connectivity index (χ3v) is 4.06. The van der Waals surface area contributed by atoms with E-state index in [1.54, 1.807) is 0 Å². The van der Waals surface area contributed by atoms with Crippen molar-refractivity contribution in [3.05, 3.63) is 33.0 Å². The molecule has 92 valence electrons. The lowest BCUT2D eigenvalue weighted by molar-refractivity contribution is 0.526. The molecule has 2 heterocycles. The van der Waals surface area contributed by atoms with E-state index in [0.717, 1.165) is 18.7 Å². The van der Waals surface area contributed by atoms with Gasteiger partial charge in [-0.15, -0.1) is 21.5 Å². The molecule has 5 heteroatoms. The van der Waals surface area contributed by atoms with Crippen LogP contribution in [0.4, 0.5) is 0 Å². The molecule has 0 spiro atoms. The van der Waals surface area contributed by atoms with Crippen LogP contribution in [0.5, 0.6) is 0 Å². The maximum absolute atomic E-state index is 6.08. The van der Waals surface area contributed by atoms with Gasteiger partial charge in [-0.25, -0.2) is 0 Å². The Morgan fingerprint density at radius 1 is 1.41 bits per heavy atom. The molecule has 0 amide bonds. The molecule has 17 heavy (non-hydrogen) atoms. The predicted molar refractivity (Wildman–Crippen MR) is 71.9 cm³/mol. The molecular weight excluding hydrogens is 254 g/mol. The fourth-order valence-corrected chi connectivity index (χ4v) is 3.27. The Bertz CT molecular complexity index is 504. The summed E-state index contributed by atoms with van der Waals surface area (Å²) in [5.74, 6) is 0.954. The molecule has 2 aromatic heterocycles. The number of aryl methyl sites for hydroxylation is 2. The quantitative estimate of drug-likeness (QED) is 0.848. The zero-order chi connectivity index (χ0) is 12.4. The summed E-state index contributed by atoms with van der Waals surface area (Å²) in [6.45, 7) is 6.35. The van der Waals surface area contributed by atoms with Gasteiger partial charge >= 0.3 is 0 Å². The average Bonchev–Trinajstić information content (AvgIpc) is 2.84. The van der Waals surface area contributed by atoms with Crippen LogP contribution in [-0.4, -0.2) is 14.8 Å².